The highest BCUT2D eigenvalue weighted by atomic mass is 19.1. The fourth-order valence-corrected chi connectivity index (χ4v) is 4.62. The van der Waals surface area contributed by atoms with Crippen molar-refractivity contribution in [2.24, 2.45) is 5.92 Å². The first-order chi connectivity index (χ1) is 14.8. The van der Waals surface area contributed by atoms with Gasteiger partial charge in [-0.3, -0.25) is 29.4 Å². The van der Waals surface area contributed by atoms with Crippen LogP contribution in [0, 0.1) is 11.7 Å². The summed E-state index contributed by atoms with van der Waals surface area (Å²) in [4.78, 5) is 54.3. The second-order valence-corrected chi connectivity index (χ2v) is 8.82. The molecule has 4 amide bonds. The molecule has 1 unspecified atom stereocenters. The topological polar surface area (TPSA) is 90.0 Å². The van der Waals surface area contributed by atoms with E-state index in [-0.39, 0.29) is 24.0 Å². The monoisotopic (exact) mass is 430 g/mol. The average Bonchev–Trinajstić information content (AvgIpc) is 2.96. The molecule has 0 spiro atoms. The van der Waals surface area contributed by atoms with E-state index in [4.69, 9.17) is 0 Å². The molecule has 0 saturated carbocycles. The molecule has 31 heavy (non-hydrogen) atoms. The smallest absolute Gasteiger partial charge is 0.262 e. The van der Waals surface area contributed by atoms with Gasteiger partial charge in [0.25, 0.3) is 11.8 Å². The van der Waals surface area contributed by atoms with Crippen molar-refractivity contribution in [3.8, 4) is 0 Å². The zero-order chi connectivity index (χ0) is 22.3. The number of carbonyl (C=O) groups is 4. The maximum absolute atomic E-state index is 14.9. The van der Waals surface area contributed by atoms with Crippen LogP contribution in [0.25, 0.3) is 0 Å². The molecule has 1 atom stereocenters. The first kappa shape index (κ1) is 21.4. The van der Waals surface area contributed by atoms with Crippen LogP contribution >= 0.6 is 0 Å². The van der Waals surface area contributed by atoms with Gasteiger partial charge in [-0.2, -0.15) is 0 Å². The third kappa shape index (κ3) is 4.06. The molecule has 2 saturated heterocycles. The number of benzene rings is 1. The lowest BCUT2D eigenvalue weighted by Gasteiger charge is -2.34. The highest BCUT2D eigenvalue weighted by Crippen LogP contribution is 2.34. The Bertz CT molecular complexity index is 940. The third-order valence-electron chi connectivity index (χ3n) is 6.45. The van der Waals surface area contributed by atoms with E-state index in [0.717, 1.165) is 36.8 Å². The molecule has 4 rings (SSSR count). The summed E-state index contributed by atoms with van der Waals surface area (Å²) in [6, 6.07) is 1.50. The molecule has 166 valence electrons. The lowest BCUT2D eigenvalue weighted by atomic mass is 9.93. The van der Waals surface area contributed by atoms with E-state index in [1.165, 1.54) is 6.07 Å². The number of anilines is 1. The van der Waals surface area contributed by atoms with Crippen LogP contribution in [-0.2, 0) is 9.59 Å². The Morgan fingerprint density at radius 2 is 1.68 bits per heavy atom. The molecular weight excluding hydrogens is 403 g/mol. The molecule has 9 heteroatoms. The normalized spacial score (nSPS) is 22.4. The van der Waals surface area contributed by atoms with Crippen molar-refractivity contribution in [3.63, 3.8) is 0 Å². The lowest BCUT2D eigenvalue weighted by molar-refractivity contribution is -0.136. The van der Waals surface area contributed by atoms with Gasteiger partial charge in [0.2, 0.25) is 11.8 Å². The van der Waals surface area contributed by atoms with E-state index in [1.54, 1.807) is 0 Å². The second-order valence-electron chi connectivity index (χ2n) is 8.82. The van der Waals surface area contributed by atoms with E-state index >= 15 is 0 Å². The maximum Gasteiger partial charge on any atom is 0.262 e. The zero-order valence-electron chi connectivity index (χ0n) is 17.8. The third-order valence-corrected chi connectivity index (χ3v) is 6.45. The molecule has 1 aromatic rings. The van der Waals surface area contributed by atoms with Gasteiger partial charge in [0.1, 0.15) is 11.9 Å². The van der Waals surface area contributed by atoms with Gasteiger partial charge >= 0.3 is 0 Å². The SMILES string of the molecule is CN(C)CCC1CCN(c2cc3c(cc2F)C(=O)N(C2CCC(=O)NC2=O)C3=O)CC1. The van der Waals surface area contributed by atoms with Crippen LogP contribution in [0.5, 0.6) is 0 Å². The lowest BCUT2D eigenvalue weighted by Crippen LogP contribution is -2.54. The molecule has 3 aliphatic rings. The van der Waals surface area contributed by atoms with E-state index in [2.05, 4.69) is 10.2 Å². The minimum atomic E-state index is -1.05. The number of nitrogens with zero attached hydrogens (tertiary/aromatic N) is 3. The van der Waals surface area contributed by atoms with Crippen molar-refractivity contribution in [1.82, 2.24) is 15.1 Å². The van der Waals surface area contributed by atoms with Crippen LogP contribution in [0.15, 0.2) is 12.1 Å². The molecular formula is C22H27FN4O4. The summed E-state index contributed by atoms with van der Waals surface area (Å²) in [7, 11) is 4.09. The van der Waals surface area contributed by atoms with Crippen LogP contribution in [-0.4, -0.2) is 73.2 Å². The Morgan fingerprint density at radius 3 is 2.29 bits per heavy atom. The highest BCUT2D eigenvalue weighted by Gasteiger charge is 2.45. The number of piperidine rings is 2. The van der Waals surface area contributed by atoms with Gasteiger partial charge in [-0.15, -0.1) is 0 Å². The van der Waals surface area contributed by atoms with Gasteiger partial charge in [-0.1, -0.05) is 0 Å². The summed E-state index contributed by atoms with van der Waals surface area (Å²) in [6.45, 7) is 2.39. The highest BCUT2D eigenvalue weighted by molar-refractivity contribution is 6.23. The summed E-state index contributed by atoms with van der Waals surface area (Å²) >= 11 is 0. The molecule has 3 aliphatic heterocycles. The van der Waals surface area contributed by atoms with Crippen LogP contribution < -0.4 is 10.2 Å². The maximum atomic E-state index is 14.9. The van der Waals surface area contributed by atoms with E-state index in [9.17, 15) is 23.6 Å². The van der Waals surface area contributed by atoms with Gasteiger partial charge < -0.3 is 9.80 Å². The van der Waals surface area contributed by atoms with Crippen LogP contribution in [0.4, 0.5) is 10.1 Å². The standard InChI is InChI=1S/C22H27FN4O4/c1-25(2)8-5-13-6-9-26(10-7-13)18-12-15-14(11-16(18)23)21(30)27(22(15)31)17-3-4-19(28)24-20(17)29/h11-13,17H,3-10H2,1-2H3,(H,24,28,29). The number of halogens is 1. The summed E-state index contributed by atoms with van der Waals surface area (Å²) in [6.07, 6.45) is 3.11. The zero-order valence-corrected chi connectivity index (χ0v) is 17.8. The van der Waals surface area contributed by atoms with E-state index in [1.807, 2.05) is 19.0 Å². The Kier molecular flexibility index (Phi) is 5.79. The van der Waals surface area contributed by atoms with Crippen molar-refractivity contribution < 1.29 is 23.6 Å². The van der Waals surface area contributed by atoms with E-state index < -0.39 is 35.5 Å². The molecule has 1 N–H and O–H groups in total. The minimum Gasteiger partial charge on any atom is -0.369 e. The van der Waals surface area contributed by atoms with Crippen molar-refractivity contribution in [2.45, 2.75) is 38.1 Å². The van der Waals surface area contributed by atoms with Crippen molar-refractivity contribution >= 4 is 29.3 Å². The molecule has 0 aliphatic carbocycles. The first-order valence-corrected chi connectivity index (χ1v) is 10.7. The molecule has 1 aromatic carbocycles. The molecule has 0 radical (unpaired) electrons. The molecule has 8 nitrogen and oxygen atoms in total. The van der Waals surface area contributed by atoms with Crippen LogP contribution in [0.3, 0.4) is 0 Å². The van der Waals surface area contributed by atoms with Gasteiger partial charge in [0.05, 0.1) is 16.8 Å². The van der Waals surface area contributed by atoms with Gasteiger partial charge in [-0.05, 0) is 64.4 Å². The summed E-state index contributed by atoms with van der Waals surface area (Å²) < 4.78 is 14.9. The minimum absolute atomic E-state index is 0.0307. The molecule has 3 heterocycles. The van der Waals surface area contributed by atoms with E-state index in [0.29, 0.717) is 24.7 Å². The first-order valence-electron chi connectivity index (χ1n) is 10.7. The van der Waals surface area contributed by atoms with Gasteiger partial charge in [-0.25, -0.2) is 4.39 Å². The number of imide groups is 2. The number of hydrogen-bond donors (Lipinski definition) is 1. The largest absolute Gasteiger partial charge is 0.369 e. The Labute approximate surface area is 180 Å². The fourth-order valence-electron chi connectivity index (χ4n) is 4.62. The molecule has 0 aromatic heterocycles. The number of rotatable bonds is 5. The number of fused-ring (bicyclic) bond motifs is 1. The Balaban J connectivity index is 1.51. The predicted molar refractivity (Wildman–Crippen MR) is 111 cm³/mol. The quantitative estimate of drug-likeness (QED) is 0.711. The Morgan fingerprint density at radius 1 is 1.03 bits per heavy atom. The summed E-state index contributed by atoms with van der Waals surface area (Å²) in [5.41, 5.74) is 0.397. The average molecular weight is 430 g/mol. The number of amides is 4. The van der Waals surface area contributed by atoms with Gasteiger partial charge in [0.15, 0.2) is 0 Å². The molecule has 2 fully saturated rings. The molecule has 0 bridgehead atoms. The van der Waals surface area contributed by atoms with Crippen molar-refractivity contribution in [1.29, 1.82) is 0 Å². The van der Waals surface area contributed by atoms with Crippen molar-refractivity contribution in [2.75, 3.05) is 38.6 Å². The van der Waals surface area contributed by atoms with Gasteiger partial charge in [0, 0.05) is 19.5 Å². The van der Waals surface area contributed by atoms with Crippen LogP contribution in [0.1, 0.15) is 52.8 Å². The Hall–Kier alpha value is -2.81. The number of carbonyl (C=O) groups excluding carboxylic acids is 4. The number of hydrogen-bond acceptors (Lipinski definition) is 6. The fraction of sp³-hybridized carbons (Fsp3) is 0.545. The summed E-state index contributed by atoms with van der Waals surface area (Å²) in [5.74, 6) is -2.37. The van der Waals surface area contributed by atoms with Crippen molar-refractivity contribution in [3.05, 3.63) is 29.1 Å². The number of nitrogens with one attached hydrogen (secondary N) is 1. The predicted octanol–water partition coefficient (Wildman–Crippen LogP) is 1.40. The second kappa shape index (κ2) is 8.37. The van der Waals surface area contributed by atoms with Crippen LogP contribution in [0.2, 0.25) is 0 Å². The summed E-state index contributed by atoms with van der Waals surface area (Å²) in [5, 5.41) is 2.16.